The molecule has 0 radical (unpaired) electrons. The Morgan fingerprint density at radius 3 is 2.79 bits per heavy atom. The highest BCUT2D eigenvalue weighted by atomic mass is 35.5. The smallest absolute Gasteiger partial charge is 0.289 e. The number of nitro groups is 1. The molecule has 2 rings (SSSR count). The molecule has 24 heavy (non-hydrogen) atoms. The Bertz CT molecular complexity index is 774. The first-order valence-electron chi connectivity index (χ1n) is 7.17. The average Bonchev–Trinajstić information content (AvgIpc) is 2.78. The van der Waals surface area contributed by atoms with E-state index < -0.39 is 4.92 Å². The number of nitrogens with zero attached hydrogens (tertiary/aromatic N) is 4. The fraction of sp³-hybridized carbons (Fsp3) is 0.333. The first-order chi connectivity index (χ1) is 11.3. The molecule has 1 aromatic carbocycles. The van der Waals surface area contributed by atoms with Crippen LogP contribution in [0.4, 0.5) is 11.4 Å². The number of carbonyl (C=O) groups excluding carboxylic acids is 1. The van der Waals surface area contributed by atoms with E-state index >= 15 is 0 Å². The summed E-state index contributed by atoms with van der Waals surface area (Å²) < 4.78 is 1.73. The Hall–Kier alpha value is -2.45. The van der Waals surface area contributed by atoms with Gasteiger partial charge in [0, 0.05) is 37.1 Å². The van der Waals surface area contributed by atoms with Crippen LogP contribution >= 0.6 is 11.6 Å². The zero-order chi connectivity index (χ0) is 17.9. The molecule has 1 heterocycles. The lowest BCUT2D eigenvalue weighted by molar-refractivity contribution is -0.384. The molecule has 0 atom stereocenters. The van der Waals surface area contributed by atoms with Gasteiger partial charge in [0.25, 0.3) is 5.69 Å². The zero-order valence-electron chi connectivity index (χ0n) is 13.6. The molecule has 8 nitrogen and oxygen atoms in total. The molecule has 0 fully saturated rings. The summed E-state index contributed by atoms with van der Waals surface area (Å²) in [4.78, 5) is 24.2. The molecule has 0 spiro atoms. The molecule has 1 aromatic heterocycles. The largest absolute Gasteiger partial charge is 0.325 e. The lowest BCUT2D eigenvalue weighted by Gasteiger charge is -2.15. The molecule has 0 aliphatic heterocycles. The van der Waals surface area contributed by atoms with E-state index in [-0.39, 0.29) is 23.2 Å². The van der Waals surface area contributed by atoms with Crippen LogP contribution in [0, 0.1) is 17.0 Å². The molecule has 0 aliphatic carbocycles. The van der Waals surface area contributed by atoms with Gasteiger partial charge in [-0.2, -0.15) is 5.10 Å². The second-order valence-corrected chi connectivity index (χ2v) is 5.96. The summed E-state index contributed by atoms with van der Waals surface area (Å²) in [6, 6.07) is 4.15. The highest BCUT2D eigenvalue weighted by Gasteiger charge is 2.15. The molecule has 0 bridgehead atoms. The van der Waals surface area contributed by atoms with Crippen LogP contribution in [0.5, 0.6) is 0 Å². The second-order valence-electron chi connectivity index (χ2n) is 5.56. The van der Waals surface area contributed by atoms with Crippen molar-refractivity contribution in [2.45, 2.75) is 13.5 Å². The molecular weight excluding hydrogens is 334 g/mol. The Labute approximate surface area is 144 Å². The van der Waals surface area contributed by atoms with Gasteiger partial charge in [-0.25, -0.2) is 0 Å². The van der Waals surface area contributed by atoms with Crippen molar-refractivity contribution in [3.8, 4) is 0 Å². The molecule has 0 unspecified atom stereocenters. The zero-order valence-corrected chi connectivity index (χ0v) is 14.4. The summed E-state index contributed by atoms with van der Waals surface area (Å²) in [5, 5.41) is 17.8. The Morgan fingerprint density at radius 1 is 1.50 bits per heavy atom. The SMILES string of the molecule is Cc1nn(C)cc1CN(C)CC(=O)Nc1ccc(Cl)c([N+](=O)[O-])c1. The van der Waals surface area contributed by atoms with Gasteiger partial charge < -0.3 is 5.32 Å². The van der Waals surface area contributed by atoms with Crippen LogP contribution in [-0.2, 0) is 18.4 Å². The van der Waals surface area contributed by atoms with E-state index in [2.05, 4.69) is 10.4 Å². The molecule has 0 saturated carbocycles. The van der Waals surface area contributed by atoms with Crippen LogP contribution < -0.4 is 5.32 Å². The quantitative estimate of drug-likeness (QED) is 0.637. The highest BCUT2D eigenvalue weighted by Crippen LogP contribution is 2.27. The number of benzene rings is 1. The number of amides is 1. The summed E-state index contributed by atoms with van der Waals surface area (Å²) in [7, 11) is 3.66. The Balaban J connectivity index is 1.96. The van der Waals surface area contributed by atoms with Gasteiger partial charge in [-0.05, 0) is 26.1 Å². The Morgan fingerprint density at radius 2 is 2.21 bits per heavy atom. The molecule has 128 valence electrons. The standard InChI is InChI=1S/C15H18ClN5O3/c1-10-11(8-20(3)18-10)7-19(2)9-15(22)17-12-4-5-13(16)14(6-12)21(23)24/h4-6,8H,7,9H2,1-3H3,(H,17,22). The number of aromatic nitrogens is 2. The maximum Gasteiger partial charge on any atom is 0.289 e. The number of rotatable bonds is 6. The van der Waals surface area contributed by atoms with Crippen LogP contribution in [0.25, 0.3) is 0 Å². The fourth-order valence-corrected chi connectivity index (χ4v) is 2.51. The van der Waals surface area contributed by atoms with Gasteiger partial charge in [-0.15, -0.1) is 0 Å². The normalized spacial score (nSPS) is 10.9. The summed E-state index contributed by atoms with van der Waals surface area (Å²) in [6.45, 7) is 2.63. The van der Waals surface area contributed by atoms with Gasteiger partial charge in [0.15, 0.2) is 0 Å². The average molecular weight is 352 g/mol. The van der Waals surface area contributed by atoms with Crippen molar-refractivity contribution >= 4 is 28.9 Å². The number of carbonyl (C=O) groups is 1. The maximum atomic E-state index is 12.1. The van der Waals surface area contributed by atoms with Crippen molar-refractivity contribution in [3.63, 3.8) is 0 Å². The number of aryl methyl sites for hydroxylation is 2. The Kier molecular flexibility index (Phi) is 5.53. The predicted octanol–water partition coefficient (Wildman–Crippen LogP) is 2.36. The van der Waals surface area contributed by atoms with Crippen molar-refractivity contribution in [1.82, 2.24) is 14.7 Å². The molecule has 2 aromatic rings. The number of nitro benzene ring substituents is 1. The number of hydrogen-bond donors (Lipinski definition) is 1. The number of anilines is 1. The van der Waals surface area contributed by atoms with Crippen LogP contribution in [0.3, 0.4) is 0 Å². The minimum Gasteiger partial charge on any atom is -0.325 e. The van der Waals surface area contributed by atoms with E-state index in [0.717, 1.165) is 11.3 Å². The third kappa shape index (κ3) is 4.53. The first kappa shape index (κ1) is 17.9. The van der Waals surface area contributed by atoms with Gasteiger partial charge in [0.1, 0.15) is 5.02 Å². The highest BCUT2D eigenvalue weighted by molar-refractivity contribution is 6.32. The van der Waals surface area contributed by atoms with Crippen LogP contribution in [0.1, 0.15) is 11.3 Å². The van der Waals surface area contributed by atoms with E-state index in [1.54, 1.807) is 4.68 Å². The summed E-state index contributed by atoms with van der Waals surface area (Å²) >= 11 is 5.75. The fourth-order valence-electron chi connectivity index (χ4n) is 2.33. The third-order valence-corrected chi connectivity index (χ3v) is 3.72. The monoisotopic (exact) mass is 351 g/mol. The minimum atomic E-state index is -0.588. The van der Waals surface area contributed by atoms with Gasteiger partial charge in [0.2, 0.25) is 5.91 Å². The molecule has 0 saturated heterocycles. The molecule has 9 heteroatoms. The predicted molar refractivity (Wildman–Crippen MR) is 91.0 cm³/mol. The van der Waals surface area contributed by atoms with Crippen molar-refractivity contribution < 1.29 is 9.72 Å². The second kappa shape index (κ2) is 7.41. The van der Waals surface area contributed by atoms with E-state index in [0.29, 0.717) is 12.2 Å². The third-order valence-electron chi connectivity index (χ3n) is 3.40. The lowest BCUT2D eigenvalue weighted by Crippen LogP contribution is -2.29. The number of halogens is 1. The number of hydrogen-bond acceptors (Lipinski definition) is 5. The topological polar surface area (TPSA) is 93.3 Å². The van der Waals surface area contributed by atoms with E-state index in [9.17, 15) is 14.9 Å². The number of nitrogens with one attached hydrogen (secondary N) is 1. The summed E-state index contributed by atoms with van der Waals surface area (Å²) in [6.07, 6.45) is 1.91. The van der Waals surface area contributed by atoms with E-state index in [1.807, 2.05) is 32.1 Å². The van der Waals surface area contributed by atoms with Gasteiger partial charge in [0.05, 0.1) is 17.2 Å². The maximum absolute atomic E-state index is 12.1. The summed E-state index contributed by atoms with van der Waals surface area (Å²) in [5.74, 6) is -0.268. The first-order valence-corrected chi connectivity index (χ1v) is 7.55. The van der Waals surface area contributed by atoms with Crippen molar-refractivity contribution in [2.24, 2.45) is 7.05 Å². The molecule has 1 amide bonds. The van der Waals surface area contributed by atoms with Crippen LogP contribution in [0.15, 0.2) is 24.4 Å². The molecule has 0 aliphatic rings. The van der Waals surface area contributed by atoms with Crippen LogP contribution in [-0.4, -0.2) is 39.1 Å². The summed E-state index contributed by atoms with van der Waals surface area (Å²) in [5.41, 5.74) is 2.05. The molecule has 1 N–H and O–H groups in total. The van der Waals surface area contributed by atoms with Crippen molar-refractivity contribution in [2.75, 3.05) is 18.9 Å². The lowest BCUT2D eigenvalue weighted by atomic mass is 10.2. The molecular formula is C15H18ClN5O3. The minimum absolute atomic E-state index is 0.0298. The van der Waals surface area contributed by atoms with Crippen molar-refractivity contribution in [3.05, 3.63) is 50.8 Å². The van der Waals surface area contributed by atoms with E-state index in [1.165, 1.54) is 18.2 Å². The van der Waals surface area contributed by atoms with Gasteiger partial charge in [-0.1, -0.05) is 11.6 Å². The number of likely N-dealkylation sites (N-methyl/N-ethyl adjacent to an activating group) is 1. The van der Waals surface area contributed by atoms with E-state index in [4.69, 9.17) is 11.6 Å². The van der Waals surface area contributed by atoms with Gasteiger partial charge in [-0.3, -0.25) is 24.5 Å². The van der Waals surface area contributed by atoms with Crippen molar-refractivity contribution in [1.29, 1.82) is 0 Å². The van der Waals surface area contributed by atoms with Crippen LogP contribution in [0.2, 0.25) is 5.02 Å². The van der Waals surface area contributed by atoms with Gasteiger partial charge >= 0.3 is 0 Å².